The van der Waals surface area contributed by atoms with Crippen LogP contribution in [0, 0.1) is 11.3 Å². The van der Waals surface area contributed by atoms with E-state index in [1.54, 1.807) is 0 Å². The molecule has 1 nitrogen and oxygen atoms in total. The average Bonchev–Trinajstić information content (AvgIpc) is 2.13. The van der Waals surface area contributed by atoms with Crippen LogP contribution < -0.4 is 0 Å². The van der Waals surface area contributed by atoms with Crippen LogP contribution in [0.4, 0.5) is 0 Å². The van der Waals surface area contributed by atoms with Gasteiger partial charge in [0.15, 0.2) is 8.32 Å². The molecule has 19 heavy (non-hydrogen) atoms. The predicted octanol–water partition coefficient (Wildman–Crippen LogP) is 6.03. The van der Waals surface area contributed by atoms with E-state index in [9.17, 15) is 0 Å². The SMILES string of the molecule is C=CC[C@H](C)C[C@H](O[Si](C)(C)C(C)(C)C)C(C)(C)C. The van der Waals surface area contributed by atoms with E-state index in [0.29, 0.717) is 12.0 Å². The maximum atomic E-state index is 6.69. The van der Waals surface area contributed by atoms with Gasteiger partial charge in [0.25, 0.3) is 0 Å². The molecule has 2 heteroatoms. The fourth-order valence-electron chi connectivity index (χ4n) is 1.86. The van der Waals surface area contributed by atoms with Gasteiger partial charge in [-0.25, -0.2) is 0 Å². The second-order valence-corrected chi connectivity index (χ2v) is 13.4. The van der Waals surface area contributed by atoms with Crippen LogP contribution >= 0.6 is 0 Å². The molecule has 0 aromatic carbocycles. The van der Waals surface area contributed by atoms with Crippen LogP contribution in [-0.2, 0) is 4.43 Å². The van der Waals surface area contributed by atoms with Crippen molar-refractivity contribution in [2.45, 2.75) is 85.5 Å². The normalized spacial score (nSPS) is 17.1. The Morgan fingerprint density at radius 2 is 1.58 bits per heavy atom. The summed E-state index contributed by atoms with van der Waals surface area (Å²) in [5.41, 5.74) is 0.199. The van der Waals surface area contributed by atoms with Crippen LogP contribution in [0.2, 0.25) is 18.1 Å². The van der Waals surface area contributed by atoms with Gasteiger partial charge in [0.05, 0.1) is 6.10 Å². The number of hydrogen-bond acceptors (Lipinski definition) is 1. The molecule has 0 saturated heterocycles. The predicted molar refractivity (Wildman–Crippen MR) is 90.1 cm³/mol. The van der Waals surface area contributed by atoms with Crippen LogP contribution in [-0.4, -0.2) is 14.4 Å². The number of rotatable bonds is 6. The molecule has 0 aliphatic heterocycles. The van der Waals surface area contributed by atoms with Crippen LogP contribution in [0.25, 0.3) is 0 Å². The van der Waals surface area contributed by atoms with Crippen molar-refractivity contribution < 1.29 is 4.43 Å². The van der Waals surface area contributed by atoms with Crippen molar-refractivity contribution in [1.82, 2.24) is 0 Å². The van der Waals surface area contributed by atoms with Crippen LogP contribution in [0.5, 0.6) is 0 Å². The summed E-state index contributed by atoms with van der Waals surface area (Å²) in [7, 11) is -1.69. The molecular formula is C17H36OSi. The van der Waals surface area contributed by atoms with Gasteiger partial charge in [0.2, 0.25) is 0 Å². The van der Waals surface area contributed by atoms with E-state index in [1.165, 1.54) is 0 Å². The highest BCUT2D eigenvalue weighted by Crippen LogP contribution is 2.41. The summed E-state index contributed by atoms with van der Waals surface area (Å²) in [4.78, 5) is 0. The molecule has 0 aromatic rings. The van der Waals surface area contributed by atoms with Crippen molar-refractivity contribution >= 4 is 8.32 Å². The van der Waals surface area contributed by atoms with E-state index in [0.717, 1.165) is 12.8 Å². The van der Waals surface area contributed by atoms with Crippen molar-refractivity contribution in [2.75, 3.05) is 0 Å². The summed E-state index contributed by atoms with van der Waals surface area (Å²) in [5, 5.41) is 0.276. The van der Waals surface area contributed by atoms with Gasteiger partial charge < -0.3 is 4.43 Å². The molecular weight excluding hydrogens is 248 g/mol. The molecule has 0 aliphatic carbocycles. The molecule has 0 bridgehead atoms. The fourth-order valence-corrected chi connectivity index (χ4v) is 3.37. The van der Waals surface area contributed by atoms with Crippen molar-refractivity contribution in [1.29, 1.82) is 0 Å². The molecule has 0 saturated carbocycles. The molecule has 0 amide bonds. The summed E-state index contributed by atoms with van der Waals surface area (Å²) < 4.78 is 6.69. The van der Waals surface area contributed by atoms with E-state index in [4.69, 9.17) is 4.43 Å². The molecule has 0 radical (unpaired) electrons. The van der Waals surface area contributed by atoms with E-state index < -0.39 is 8.32 Å². The van der Waals surface area contributed by atoms with Gasteiger partial charge in [-0.3, -0.25) is 0 Å². The third-order valence-electron chi connectivity index (χ3n) is 4.39. The first kappa shape index (κ1) is 18.9. The molecule has 0 aromatic heterocycles. The maximum Gasteiger partial charge on any atom is 0.192 e. The van der Waals surface area contributed by atoms with Crippen molar-refractivity contribution in [3.05, 3.63) is 12.7 Å². The standard InChI is InChI=1S/C17H36OSi/c1-11-12-14(2)13-15(16(3,4)5)18-19(9,10)17(6,7)8/h11,14-15H,1,12-13H2,2-10H3/t14-,15-/m0/s1. The minimum atomic E-state index is -1.69. The van der Waals surface area contributed by atoms with Gasteiger partial charge in [-0.2, -0.15) is 0 Å². The molecule has 0 unspecified atom stereocenters. The molecule has 0 rings (SSSR count). The fraction of sp³-hybridized carbons (Fsp3) is 0.882. The zero-order chi connectivity index (χ0) is 15.5. The summed E-state index contributed by atoms with van der Waals surface area (Å²) in [5.74, 6) is 0.645. The lowest BCUT2D eigenvalue weighted by atomic mass is 9.83. The topological polar surface area (TPSA) is 9.23 Å². The second kappa shape index (κ2) is 6.58. The summed E-state index contributed by atoms with van der Waals surface area (Å²) >= 11 is 0. The number of allylic oxidation sites excluding steroid dienone is 1. The first-order valence-electron chi connectivity index (χ1n) is 7.60. The monoisotopic (exact) mass is 284 g/mol. The van der Waals surface area contributed by atoms with E-state index >= 15 is 0 Å². The Bertz CT molecular complexity index is 281. The lowest BCUT2D eigenvalue weighted by Crippen LogP contribution is -2.47. The molecule has 0 heterocycles. The summed E-state index contributed by atoms with van der Waals surface area (Å²) in [6, 6.07) is 0. The largest absolute Gasteiger partial charge is 0.413 e. The Morgan fingerprint density at radius 1 is 1.11 bits per heavy atom. The first-order chi connectivity index (χ1) is 8.31. The minimum absolute atomic E-state index is 0.199. The van der Waals surface area contributed by atoms with Gasteiger partial charge in [0, 0.05) is 0 Å². The van der Waals surface area contributed by atoms with Gasteiger partial charge >= 0.3 is 0 Å². The van der Waals surface area contributed by atoms with E-state index in [2.05, 4.69) is 68.1 Å². The van der Waals surface area contributed by atoms with Gasteiger partial charge in [-0.05, 0) is 42.3 Å². The summed E-state index contributed by atoms with van der Waals surface area (Å²) in [6.45, 7) is 24.7. The Kier molecular flexibility index (Phi) is 6.55. The number of hydrogen-bond donors (Lipinski definition) is 0. The van der Waals surface area contributed by atoms with Crippen molar-refractivity contribution in [3.8, 4) is 0 Å². The highest BCUT2D eigenvalue weighted by atomic mass is 28.4. The van der Waals surface area contributed by atoms with Crippen LogP contribution in [0.1, 0.15) is 61.3 Å². The van der Waals surface area contributed by atoms with Gasteiger partial charge in [0.1, 0.15) is 0 Å². The Morgan fingerprint density at radius 3 is 1.89 bits per heavy atom. The smallest absolute Gasteiger partial charge is 0.192 e. The van der Waals surface area contributed by atoms with Crippen molar-refractivity contribution in [2.24, 2.45) is 11.3 Å². The maximum absolute atomic E-state index is 6.69. The van der Waals surface area contributed by atoms with Gasteiger partial charge in [-0.15, -0.1) is 6.58 Å². The average molecular weight is 285 g/mol. The molecule has 0 aliphatic rings. The van der Waals surface area contributed by atoms with Crippen LogP contribution in [0.15, 0.2) is 12.7 Å². The quantitative estimate of drug-likeness (QED) is 0.428. The molecule has 0 fully saturated rings. The summed E-state index contributed by atoms with van der Waals surface area (Å²) in [6.07, 6.45) is 4.56. The third-order valence-corrected chi connectivity index (χ3v) is 8.88. The molecule has 0 N–H and O–H groups in total. The van der Waals surface area contributed by atoms with Crippen molar-refractivity contribution in [3.63, 3.8) is 0 Å². The highest BCUT2D eigenvalue weighted by Gasteiger charge is 2.41. The molecule has 2 atom stereocenters. The zero-order valence-corrected chi connectivity index (χ0v) is 15.8. The Labute approximate surface area is 123 Å². The van der Waals surface area contributed by atoms with E-state index in [1.807, 2.05) is 6.08 Å². The first-order valence-corrected chi connectivity index (χ1v) is 10.5. The lowest BCUT2D eigenvalue weighted by molar-refractivity contribution is 0.0533. The lowest BCUT2D eigenvalue weighted by Gasteiger charge is -2.44. The third kappa shape index (κ3) is 6.27. The zero-order valence-electron chi connectivity index (χ0n) is 14.8. The second-order valence-electron chi connectivity index (χ2n) is 8.60. The molecule has 0 spiro atoms. The van der Waals surface area contributed by atoms with E-state index in [-0.39, 0.29) is 10.5 Å². The van der Waals surface area contributed by atoms with Crippen LogP contribution in [0.3, 0.4) is 0 Å². The minimum Gasteiger partial charge on any atom is -0.413 e. The highest BCUT2D eigenvalue weighted by molar-refractivity contribution is 6.74. The Hall–Kier alpha value is -0.0831. The van der Waals surface area contributed by atoms with Gasteiger partial charge in [-0.1, -0.05) is 54.5 Å². The Balaban J connectivity index is 4.94. The molecule has 114 valence electrons.